The van der Waals surface area contributed by atoms with Crippen LogP contribution in [0.3, 0.4) is 0 Å². The van der Waals surface area contributed by atoms with Gasteiger partial charge in [0.15, 0.2) is 0 Å². The molecule has 3 heteroatoms. The van der Waals surface area contributed by atoms with Gasteiger partial charge in [-0.05, 0) is 37.0 Å². The zero-order valence-corrected chi connectivity index (χ0v) is 11.1. The summed E-state index contributed by atoms with van der Waals surface area (Å²) < 4.78 is 11.7. The van der Waals surface area contributed by atoms with E-state index in [1.807, 2.05) is 0 Å². The largest absolute Gasteiger partial charge is 0.381 e. The van der Waals surface area contributed by atoms with Crippen molar-refractivity contribution in [2.45, 2.75) is 51.2 Å². The molecule has 2 saturated heterocycles. The van der Waals surface area contributed by atoms with Crippen molar-refractivity contribution in [3.63, 3.8) is 0 Å². The number of hydrogen-bond donors (Lipinski definition) is 1. The summed E-state index contributed by atoms with van der Waals surface area (Å²) in [6.07, 6.45) is 4.83. The second kappa shape index (κ2) is 4.22. The highest BCUT2D eigenvalue weighted by atomic mass is 16.5. The Morgan fingerprint density at radius 2 is 1.76 bits per heavy atom. The minimum atomic E-state index is 0.143. The van der Waals surface area contributed by atoms with Crippen LogP contribution in [0, 0.1) is 11.3 Å². The van der Waals surface area contributed by atoms with Gasteiger partial charge in [-0.15, -0.1) is 0 Å². The average Bonchev–Trinajstić information content (AvgIpc) is 2.28. The van der Waals surface area contributed by atoms with E-state index >= 15 is 0 Å². The number of rotatable bonds is 1. The fourth-order valence-electron chi connectivity index (χ4n) is 4.28. The van der Waals surface area contributed by atoms with Crippen molar-refractivity contribution >= 4 is 0 Å². The molecule has 0 aromatic carbocycles. The van der Waals surface area contributed by atoms with E-state index in [0.29, 0.717) is 11.5 Å². The lowest BCUT2D eigenvalue weighted by Crippen LogP contribution is -2.68. The maximum Gasteiger partial charge on any atom is 0.0848 e. The first-order valence-electron chi connectivity index (χ1n) is 7.07. The minimum absolute atomic E-state index is 0.143. The Morgan fingerprint density at radius 3 is 2.41 bits per heavy atom. The van der Waals surface area contributed by atoms with Crippen molar-refractivity contribution in [1.29, 1.82) is 0 Å². The van der Waals surface area contributed by atoms with Crippen LogP contribution in [0.1, 0.15) is 39.5 Å². The van der Waals surface area contributed by atoms with E-state index in [1.165, 1.54) is 25.7 Å². The van der Waals surface area contributed by atoms with Crippen LogP contribution >= 0.6 is 0 Å². The van der Waals surface area contributed by atoms with Crippen LogP contribution < -0.4 is 5.32 Å². The van der Waals surface area contributed by atoms with Crippen LogP contribution in [-0.2, 0) is 9.47 Å². The van der Waals surface area contributed by atoms with Crippen molar-refractivity contribution in [2.24, 2.45) is 11.3 Å². The number of ether oxygens (including phenoxy) is 2. The molecule has 17 heavy (non-hydrogen) atoms. The predicted molar refractivity (Wildman–Crippen MR) is 67.0 cm³/mol. The molecule has 1 unspecified atom stereocenters. The van der Waals surface area contributed by atoms with E-state index in [9.17, 15) is 0 Å². The topological polar surface area (TPSA) is 30.5 Å². The summed E-state index contributed by atoms with van der Waals surface area (Å²) in [5, 5.41) is 3.74. The molecule has 0 bridgehead atoms. The normalized spacial score (nSPS) is 36.7. The molecule has 2 heterocycles. The van der Waals surface area contributed by atoms with Gasteiger partial charge < -0.3 is 14.8 Å². The zero-order valence-electron chi connectivity index (χ0n) is 11.1. The first kappa shape index (κ1) is 11.9. The molecule has 1 saturated carbocycles. The molecule has 98 valence electrons. The van der Waals surface area contributed by atoms with Crippen LogP contribution in [0.5, 0.6) is 0 Å². The minimum Gasteiger partial charge on any atom is -0.381 e. The number of hydrogen-bond acceptors (Lipinski definition) is 3. The van der Waals surface area contributed by atoms with Crippen molar-refractivity contribution in [3.8, 4) is 0 Å². The van der Waals surface area contributed by atoms with Crippen molar-refractivity contribution in [2.75, 3.05) is 26.4 Å². The molecular formula is C14H25NO2. The van der Waals surface area contributed by atoms with Gasteiger partial charge in [-0.25, -0.2) is 0 Å². The SMILES string of the molecule is CC1(C)CC2(C1)OCCNC2C1CCOCC1. The molecule has 1 atom stereocenters. The molecule has 3 fully saturated rings. The van der Waals surface area contributed by atoms with Crippen LogP contribution in [0.15, 0.2) is 0 Å². The quantitative estimate of drug-likeness (QED) is 0.759. The summed E-state index contributed by atoms with van der Waals surface area (Å²) in [5.41, 5.74) is 0.617. The Morgan fingerprint density at radius 1 is 1.06 bits per heavy atom. The van der Waals surface area contributed by atoms with Gasteiger partial charge in [0.05, 0.1) is 12.2 Å². The molecule has 1 spiro atoms. The summed E-state index contributed by atoms with van der Waals surface area (Å²) in [6.45, 7) is 8.49. The van der Waals surface area contributed by atoms with Gasteiger partial charge in [0.25, 0.3) is 0 Å². The summed E-state index contributed by atoms with van der Waals surface area (Å²) in [4.78, 5) is 0. The molecule has 3 aliphatic rings. The molecule has 1 N–H and O–H groups in total. The first-order valence-corrected chi connectivity index (χ1v) is 7.07. The Balaban J connectivity index is 1.72. The van der Waals surface area contributed by atoms with Crippen LogP contribution in [0.4, 0.5) is 0 Å². The summed E-state index contributed by atoms with van der Waals surface area (Å²) in [6, 6.07) is 0.563. The fourth-order valence-corrected chi connectivity index (χ4v) is 4.28. The molecule has 1 aliphatic carbocycles. The Bertz CT molecular complexity index is 276. The molecular weight excluding hydrogens is 214 g/mol. The zero-order chi connectivity index (χ0) is 11.9. The van der Waals surface area contributed by atoms with Crippen LogP contribution in [0.2, 0.25) is 0 Å². The summed E-state index contributed by atoms with van der Waals surface area (Å²) in [7, 11) is 0. The smallest absolute Gasteiger partial charge is 0.0848 e. The van der Waals surface area contributed by atoms with E-state index in [4.69, 9.17) is 9.47 Å². The molecule has 0 amide bonds. The molecule has 3 rings (SSSR count). The standard InChI is InChI=1S/C14H25NO2/c1-13(2)9-14(10-13)12(15-5-8-17-14)11-3-6-16-7-4-11/h11-12,15H,3-10H2,1-2H3. The third-order valence-electron chi connectivity index (χ3n) is 4.72. The van der Waals surface area contributed by atoms with Gasteiger partial charge >= 0.3 is 0 Å². The van der Waals surface area contributed by atoms with Crippen molar-refractivity contribution in [1.82, 2.24) is 5.32 Å². The van der Waals surface area contributed by atoms with Gasteiger partial charge in [0.1, 0.15) is 0 Å². The summed E-state index contributed by atoms with van der Waals surface area (Å²) >= 11 is 0. The van der Waals surface area contributed by atoms with Crippen molar-refractivity contribution < 1.29 is 9.47 Å². The predicted octanol–water partition coefficient (Wildman–Crippen LogP) is 1.96. The monoisotopic (exact) mass is 239 g/mol. The second-order valence-electron chi connectivity index (χ2n) is 6.81. The van der Waals surface area contributed by atoms with Crippen LogP contribution in [-0.4, -0.2) is 38.0 Å². The summed E-state index contributed by atoms with van der Waals surface area (Å²) in [5.74, 6) is 0.750. The van der Waals surface area contributed by atoms with E-state index in [0.717, 1.165) is 32.3 Å². The average molecular weight is 239 g/mol. The van der Waals surface area contributed by atoms with E-state index in [1.54, 1.807) is 0 Å². The van der Waals surface area contributed by atoms with Gasteiger partial charge in [-0.2, -0.15) is 0 Å². The molecule has 2 aliphatic heterocycles. The third kappa shape index (κ3) is 2.13. The highest BCUT2D eigenvalue weighted by molar-refractivity contribution is 5.11. The molecule has 0 radical (unpaired) electrons. The molecule has 0 aromatic heterocycles. The highest BCUT2D eigenvalue weighted by Gasteiger charge is 2.57. The van der Waals surface area contributed by atoms with Gasteiger partial charge in [-0.3, -0.25) is 0 Å². The molecule has 3 nitrogen and oxygen atoms in total. The van der Waals surface area contributed by atoms with Gasteiger partial charge in [0.2, 0.25) is 0 Å². The fraction of sp³-hybridized carbons (Fsp3) is 1.00. The third-order valence-corrected chi connectivity index (χ3v) is 4.72. The van der Waals surface area contributed by atoms with Crippen LogP contribution in [0.25, 0.3) is 0 Å². The van der Waals surface area contributed by atoms with E-state index < -0.39 is 0 Å². The number of morpholine rings is 1. The second-order valence-corrected chi connectivity index (χ2v) is 6.81. The molecule has 0 aromatic rings. The van der Waals surface area contributed by atoms with E-state index in [2.05, 4.69) is 19.2 Å². The maximum atomic E-state index is 6.20. The lowest BCUT2D eigenvalue weighted by Gasteiger charge is -2.60. The van der Waals surface area contributed by atoms with Gasteiger partial charge in [-0.1, -0.05) is 13.8 Å². The number of nitrogens with one attached hydrogen (secondary N) is 1. The van der Waals surface area contributed by atoms with Gasteiger partial charge in [0, 0.05) is 25.8 Å². The maximum absolute atomic E-state index is 6.20. The Labute approximate surface area is 104 Å². The lowest BCUT2D eigenvalue weighted by molar-refractivity contribution is -0.207. The van der Waals surface area contributed by atoms with Crippen molar-refractivity contribution in [3.05, 3.63) is 0 Å². The highest BCUT2D eigenvalue weighted by Crippen LogP contribution is 2.54. The van der Waals surface area contributed by atoms with E-state index in [-0.39, 0.29) is 5.60 Å². The Kier molecular flexibility index (Phi) is 2.96. The lowest BCUT2D eigenvalue weighted by atomic mass is 9.56. The first-order chi connectivity index (χ1) is 8.11. The Hall–Kier alpha value is -0.120.